The van der Waals surface area contributed by atoms with Crippen molar-refractivity contribution in [3.63, 3.8) is 0 Å². The Hall–Kier alpha value is -2.37. The molecule has 0 heterocycles. The molecule has 1 unspecified atom stereocenters. The molecule has 6 nitrogen and oxygen atoms in total. The van der Waals surface area contributed by atoms with Crippen LogP contribution in [0, 0.1) is 0 Å². The standard InChI is InChI=1S/C57H104O6/c1-4-7-10-13-16-18-20-22-24-25-26-27-28-29-30-31-32-33-34-36-37-39-41-44-47-50-56(59)62-53-54(52-61-55(58)49-46-43-15-12-9-6-3)63-57(60)51-48-45-42-40-38-35-23-21-19-17-14-11-8-5-2/h14,17,21,23,25-26,54H,4-13,15-16,18-20,22,24,27-53H2,1-3H3/b17-14-,23-21-,26-25-. The molecule has 0 aliphatic carbocycles. The average Bonchev–Trinajstić information content (AvgIpc) is 3.28. The highest BCUT2D eigenvalue weighted by atomic mass is 16.6. The molecule has 368 valence electrons. The van der Waals surface area contributed by atoms with E-state index in [-0.39, 0.29) is 31.1 Å². The van der Waals surface area contributed by atoms with Crippen LogP contribution in [0.15, 0.2) is 36.5 Å². The van der Waals surface area contributed by atoms with Gasteiger partial charge >= 0.3 is 17.9 Å². The van der Waals surface area contributed by atoms with Crippen LogP contribution in [-0.4, -0.2) is 37.2 Å². The van der Waals surface area contributed by atoms with Gasteiger partial charge in [-0.2, -0.15) is 0 Å². The predicted molar refractivity (Wildman–Crippen MR) is 270 cm³/mol. The number of hydrogen-bond donors (Lipinski definition) is 0. The van der Waals surface area contributed by atoms with Crippen LogP contribution in [0.2, 0.25) is 0 Å². The fourth-order valence-electron chi connectivity index (χ4n) is 7.93. The van der Waals surface area contributed by atoms with Crippen LogP contribution in [0.25, 0.3) is 0 Å². The van der Waals surface area contributed by atoms with Gasteiger partial charge < -0.3 is 14.2 Å². The van der Waals surface area contributed by atoms with Crippen LogP contribution < -0.4 is 0 Å². The molecule has 0 fully saturated rings. The first-order valence-electron chi connectivity index (χ1n) is 27.5. The lowest BCUT2D eigenvalue weighted by atomic mass is 10.0. The summed E-state index contributed by atoms with van der Waals surface area (Å²) < 4.78 is 16.7. The summed E-state index contributed by atoms with van der Waals surface area (Å²) in [4.78, 5) is 37.8. The maximum Gasteiger partial charge on any atom is 0.306 e. The molecule has 0 radical (unpaired) electrons. The lowest BCUT2D eigenvalue weighted by Crippen LogP contribution is -2.30. The normalized spacial score (nSPS) is 12.2. The van der Waals surface area contributed by atoms with E-state index >= 15 is 0 Å². The first kappa shape index (κ1) is 60.6. The van der Waals surface area contributed by atoms with Gasteiger partial charge in [-0.15, -0.1) is 0 Å². The van der Waals surface area contributed by atoms with Crippen molar-refractivity contribution in [2.45, 2.75) is 297 Å². The van der Waals surface area contributed by atoms with Crippen LogP contribution in [0.3, 0.4) is 0 Å². The molecule has 6 heteroatoms. The van der Waals surface area contributed by atoms with Gasteiger partial charge in [0.2, 0.25) is 0 Å². The first-order chi connectivity index (χ1) is 31.0. The third-order valence-electron chi connectivity index (χ3n) is 12.1. The minimum absolute atomic E-state index is 0.0757. The fraction of sp³-hybridized carbons (Fsp3) is 0.842. The van der Waals surface area contributed by atoms with Crippen LogP contribution in [0.1, 0.15) is 290 Å². The Bertz CT molecular complexity index is 1060. The summed E-state index contributed by atoms with van der Waals surface area (Å²) in [6.45, 7) is 6.55. The third-order valence-corrected chi connectivity index (χ3v) is 12.1. The molecule has 0 aromatic carbocycles. The van der Waals surface area contributed by atoms with Gasteiger partial charge in [0.05, 0.1) is 0 Å². The van der Waals surface area contributed by atoms with Crippen LogP contribution in [-0.2, 0) is 28.6 Å². The van der Waals surface area contributed by atoms with Crippen molar-refractivity contribution in [2.24, 2.45) is 0 Å². The minimum Gasteiger partial charge on any atom is -0.462 e. The Morgan fingerprint density at radius 1 is 0.317 bits per heavy atom. The molecule has 0 rings (SSSR count). The molecule has 0 bridgehead atoms. The van der Waals surface area contributed by atoms with E-state index in [0.717, 1.165) is 83.5 Å². The van der Waals surface area contributed by atoms with E-state index in [2.05, 4.69) is 57.2 Å². The Morgan fingerprint density at radius 2 is 0.587 bits per heavy atom. The second-order valence-electron chi connectivity index (χ2n) is 18.5. The zero-order valence-electron chi connectivity index (χ0n) is 42.1. The quantitative estimate of drug-likeness (QED) is 0.0262. The largest absolute Gasteiger partial charge is 0.462 e. The Labute approximate surface area is 391 Å². The van der Waals surface area contributed by atoms with Gasteiger partial charge in [0, 0.05) is 19.3 Å². The lowest BCUT2D eigenvalue weighted by molar-refractivity contribution is -0.167. The molecular formula is C57H104O6. The van der Waals surface area contributed by atoms with Gasteiger partial charge in [-0.05, 0) is 70.6 Å². The smallest absolute Gasteiger partial charge is 0.306 e. The van der Waals surface area contributed by atoms with Gasteiger partial charge in [0.15, 0.2) is 6.10 Å². The number of carbonyl (C=O) groups is 3. The molecule has 0 aliphatic rings. The molecule has 0 saturated carbocycles. The molecule has 0 N–H and O–H groups in total. The van der Waals surface area contributed by atoms with Crippen LogP contribution in [0.5, 0.6) is 0 Å². The second-order valence-corrected chi connectivity index (χ2v) is 18.5. The number of ether oxygens (including phenoxy) is 3. The van der Waals surface area contributed by atoms with E-state index in [1.54, 1.807) is 0 Å². The molecule has 0 aliphatic heterocycles. The van der Waals surface area contributed by atoms with Crippen molar-refractivity contribution in [2.75, 3.05) is 13.2 Å². The van der Waals surface area contributed by atoms with Crippen molar-refractivity contribution in [3.8, 4) is 0 Å². The van der Waals surface area contributed by atoms with E-state index in [4.69, 9.17) is 14.2 Å². The maximum atomic E-state index is 12.7. The summed E-state index contributed by atoms with van der Waals surface area (Å²) in [7, 11) is 0. The van der Waals surface area contributed by atoms with E-state index < -0.39 is 6.10 Å². The van der Waals surface area contributed by atoms with E-state index in [1.165, 1.54) is 167 Å². The number of esters is 3. The zero-order chi connectivity index (χ0) is 45.8. The predicted octanol–water partition coefficient (Wildman–Crippen LogP) is 18.1. The van der Waals surface area contributed by atoms with Crippen molar-refractivity contribution in [1.29, 1.82) is 0 Å². The molecular weight excluding hydrogens is 781 g/mol. The molecule has 0 saturated heterocycles. The Balaban J connectivity index is 4.08. The number of unbranched alkanes of at least 4 members (excludes halogenated alkanes) is 33. The summed E-state index contributed by atoms with van der Waals surface area (Å²) >= 11 is 0. The van der Waals surface area contributed by atoms with Gasteiger partial charge in [-0.3, -0.25) is 14.4 Å². The summed E-state index contributed by atoms with van der Waals surface area (Å²) in [6, 6.07) is 0. The SMILES string of the molecule is CCCC/C=C\C/C=C\CCCCCCCC(=O)OC(COC(=O)CCCCCCCC)COC(=O)CCCCCCCCCCCCCCC/C=C\CCCCCCCCCC. The third kappa shape index (κ3) is 50.5. The summed E-state index contributed by atoms with van der Waals surface area (Å²) in [5, 5.41) is 0. The molecule has 63 heavy (non-hydrogen) atoms. The zero-order valence-corrected chi connectivity index (χ0v) is 42.1. The van der Waals surface area contributed by atoms with Crippen LogP contribution in [0.4, 0.5) is 0 Å². The highest BCUT2D eigenvalue weighted by Crippen LogP contribution is 2.16. The maximum absolute atomic E-state index is 12.7. The average molecular weight is 885 g/mol. The topological polar surface area (TPSA) is 78.9 Å². The summed E-state index contributed by atoms with van der Waals surface area (Å²) in [5.74, 6) is -0.890. The highest BCUT2D eigenvalue weighted by molar-refractivity contribution is 5.71. The highest BCUT2D eigenvalue weighted by Gasteiger charge is 2.19. The number of carbonyl (C=O) groups excluding carboxylic acids is 3. The Kier molecular flexibility index (Phi) is 50.3. The van der Waals surface area contributed by atoms with E-state index in [0.29, 0.717) is 19.3 Å². The fourth-order valence-corrected chi connectivity index (χ4v) is 7.93. The second kappa shape index (κ2) is 52.3. The van der Waals surface area contributed by atoms with E-state index in [9.17, 15) is 14.4 Å². The molecule has 1 atom stereocenters. The van der Waals surface area contributed by atoms with Crippen molar-refractivity contribution in [1.82, 2.24) is 0 Å². The van der Waals surface area contributed by atoms with E-state index in [1.807, 2.05) is 0 Å². The molecule has 0 aromatic heterocycles. The lowest BCUT2D eigenvalue weighted by Gasteiger charge is -2.18. The number of rotatable bonds is 50. The van der Waals surface area contributed by atoms with Crippen molar-refractivity contribution in [3.05, 3.63) is 36.5 Å². The summed E-state index contributed by atoms with van der Waals surface area (Å²) in [6.07, 6.45) is 61.7. The molecule has 0 aromatic rings. The van der Waals surface area contributed by atoms with Crippen molar-refractivity contribution >= 4 is 17.9 Å². The Morgan fingerprint density at radius 3 is 0.937 bits per heavy atom. The van der Waals surface area contributed by atoms with Gasteiger partial charge in [0.25, 0.3) is 0 Å². The minimum atomic E-state index is -0.773. The van der Waals surface area contributed by atoms with Gasteiger partial charge in [-0.1, -0.05) is 237 Å². The molecule has 0 spiro atoms. The summed E-state index contributed by atoms with van der Waals surface area (Å²) in [5.41, 5.74) is 0. The number of allylic oxidation sites excluding steroid dienone is 6. The molecule has 0 amide bonds. The first-order valence-corrected chi connectivity index (χ1v) is 27.5. The van der Waals surface area contributed by atoms with Crippen molar-refractivity contribution < 1.29 is 28.6 Å². The monoisotopic (exact) mass is 885 g/mol. The van der Waals surface area contributed by atoms with Crippen LogP contribution >= 0.6 is 0 Å². The number of hydrogen-bond acceptors (Lipinski definition) is 6. The van der Waals surface area contributed by atoms with Gasteiger partial charge in [0.1, 0.15) is 13.2 Å². The van der Waals surface area contributed by atoms with Gasteiger partial charge in [-0.25, -0.2) is 0 Å².